The number of hydrogen-bond donors (Lipinski definition) is 0. The highest BCUT2D eigenvalue weighted by molar-refractivity contribution is 6.21. The van der Waals surface area contributed by atoms with Gasteiger partial charge in [-0.15, -0.1) is 11.6 Å². The van der Waals surface area contributed by atoms with E-state index in [9.17, 15) is 4.39 Å². The number of alkyl halides is 1. The summed E-state index contributed by atoms with van der Waals surface area (Å²) in [6.45, 7) is 3.66. The van der Waals surface area contributed by atoms with E-state index in [1.807, 2.05) is 12.1 Å². The zero-order chi connectivity index (χ0) is 10.8. The minimum absolute atomic E-state index is 0.122. The largest absolute Gasteiger partial charge is 0.295 e. The summed E-state index contributed by atoms with van der Waals surface area (Å²) in [5.74, 6) is -0.122. The van der Waals surface area contributed by atoms with Gasteiger partial charge in [0.05, 0.1) is 0 Å². The second-order valence-corrected chi connectivity index (χ2v) is 4.82. The van der Waals surface area contributed by atoms with Crippen LogP contribution in [0.4, 0.5) is 4.39 Å². The number of halogens is 2. The molecule has 1 aromatic rings. The molecule has 0 saturated carbocycles. The second-order valence-electron chi connectivity index (χ2n) is 4.20. The Morgan fingerprint density at radius 3 is 2.80 bits per heavy atom. The van der Waals surface area contributed by atoms with Crippen LogP contribution < -0.4 is 0 Å². The molecule has 3 heteroatoms. The van der Waals surface area contributed by atoms with Crippen molar-refractivity contribution >= 4 is 11.6 Å². The molecule has 2 atom stereocenters. The SMILES string of the molecule is CC1CC(Cl)CN1Cc1ccccc1F. The fourth-order valence-electron chi connectivity index (χ4n) is 2.09. The summed E-state index contributed by atoms with van der Waals surface area (Å²) in [5.41, 5.74) is 0.759. The smallest absolute Gasteiger partial charge is 0.127 e. The average molecular weight is 228 g/mol. The molecule has 1 nitrogen and oxygen atoms in total. The van der Waals surface area contributed by atoms with Crippen molar-refractivity contribution in [2.45, 2.75) is 31.3 Å². The first-order valence-corrected chi connectivity index (χ1v) is 5.72. The molecule has 1 aromatic carbocycles. The zero-order valence-corrected chi connectivity index (χ0v) is 9.54. The fraction of sp³-hybridized carbons (Fsp3) is 0.500. The lowest BCUT2D eigenvalue weighted by Crippen LogP contribution is -2.27. The third kappa shape index (κ3) is 2.50. The molecule has 1 heterocycles. The number of rotatable bonds is 2. The van der Waals surface area contributed by atoms with Gasteiger partial charge in [-0.25, -0.2) is 4.39 Å². The molecule has 1 fully saturated rings. The quantitative estimate of drug-likeness (QED) is 0.702. The third-order valence-corrected chi connectivity index (χ3v) is 3.30. The molecule has 0 spiro atoms. The van der Waals surface area contributed by atoms with E-state index in [1.54, 1.807) is 6.07 Å². The molecule has 1 aliphatic rings. The maximum absolute atomic E-state index is 13.4. The van der Waals surface area contributed by atoms with Gasteiger partial charge in [-0.3, -0.25) is 4.90 Å². The van der Waals surface area contributed by atoms with Crippen molar-refractivity contribution in [2.24, 2.45) is 0 Å². The van der Waals surface area contributed by atoms with Crippen LogP contribution in [0.2, 0.25) is 0 Å². The van der Waals surface area contributed by atoms with Crippen LogP contribution in [0.25, 0.3) is 0 Å². The first-order chi connectivity index (χ1) is 7.16. The summed E-state index contributed by atoms with van der Waals surface area (Å²) in [7, 11) is 0. The normalized spacial score (nSPS) is 27.1. The van der Waals surface area contributed by atoms with Crippen LogP contribution in [0.15, 0.2) is 24.3 Å². The molecule has 0 bridgehead atoms. The van der Waals surface area contributed by atoms with Gasteiger partial charge in [0.25, 0.3) is 0 Å². The first kappa shape index (κ1) is 10.9. The Kier molecular flexibility index (Phi) is 3.27. The molecule has 0 N–H and O–H groups in total. The van der Waals surface area contributed by atoms with E-state index in [0.717, 1.165) is 18.5 Å². The van der Waals surface area contributed by atoms with Gasteiger partial charge in [0.15, 0.2) is 0 Å². The zero-order valence-electron chi connectivity index (χ0n) is 8.79. The molecule has 0 aromatic heterocycles. The van der Waals surface area contributed by atoms with Gasteiger partial charge in [-0.2, -0.15) is 0 Å². The van der Waals surface area contributed by atoms with Crippen LogP contribution in [-0.2, 0) is 6.54 Å². The van der Waals surface area contributed by atoms with Crippen molar-refractivity contribution in [3.8, 4) is 0 Å². The van der Waals surface area contributed by atoms with Crippen LogP contribution in [0.3, 0.4) is 0 Å². The lowest BCUT2D eigenvalue weighted by molar-refractivity contribution is 0.257. The molecule has 1 aliphatic heterocycles. The van der Waals surface area contributed by atoms with Crippen LogP contribution >= 0.6 is 11.6 Å². The Bertz CT molecular complexity index is 342. The van der Waals surface area contributed by atoms with Crippen molar-refractivity contribution in [2.75, 3.05) is 6.54 Å². The third-order valence-electron chi connectivity index (χ3n) is 2.98. The lowest BCUT2D eigenvalue weighted by Gasteiger charge is -2.20. The maximum atomic E-state index is 13.4. The Morgan fingerprint density at radius 1 is 1.47 bits per heavy atom. The van der Waals surface area contributed by atoms with Gasteiger partial charge in [0.1, 0.15) is 5.82 Å². The molecule has 2 unspecified atom stereocenters. The Balaban J connectivity index is 2.06. The van der Waals surface area contributed by atoms with Crippen LogP contribution in [0.5, 0.6) is 0 Å². The summed E-state index contributed by atoms with van der Waals surface area (Å²) >= 11 is 6.07. The van der Waals surface area contributed by atoms with E-state index in [0.29, 0.717) is 12.6 Å². The van der Waals surface area contributed by atoms with Gasteiger partial charge in [-0.1, -0.05) is 18.2 Å². The number of benzene rings is 1. The molecule has 0 amide bonds. The van der Waals surface area contributed by atoms with E-state index >= 15 is 0 Å². The van der Waals surface area contributed by atoms with Crippen molar-refractivity contribution in [1.82, 2.24) is 4.90 Å². The highest BCUT2D eigenvalue weighted by atomic mass is 35.5. The van der Waals surface area contributed by atoms with Gasteiger partial charge >= 0.3 is 0 Å². The van der Waals surface area contributed by atoms with Crippen LogP contribution in [0.1, 0.15) is 18.9 Å². The predicted molar refractivity (Wildman–Crippen MR) is 60.5 cm³/mol. The maximum Gasteiger partial charge on any atom is 0.127 e. The summed E-state index contributed by atoms with van der Waals surface area (Å²) in [6, 6.07) is 7.39. The Labute approximate surface area is 94.8 Å². The van der Waals surface area contributed by atoms with E-state index in [-0.39, 0.29) is 11.2 Å². The van der Waals surface area contributed by atoms with E-state index in [1.165, 1.54) is 6.07 Å². The fourth-order valence-corrected chi connectivity index (χ4v) is 2.53. The van der Waals surface area contributed by atoms with Gasteiger partial charge in [0.2, 0.25) is 0 Å². The summed E-state index contributed by atoms with van der Waals surface area (Å²) < 4.78 is 13.4. The molecule has 2 rings (SSSR count). The standard InChI is InChI=1S/C12H15ClFN/c1-9-6-11(13)8-15(9)7-10-4-2-3-5-12(10)14/h2-5,9,11H,6-8H2,1H3. The average Bonchev–Trinajstić information content (AvgIpc) is 2.49. The van der Waals surface area contributed by atoms with Crippen molar-refractivity contribution < 1.29 is 4.39 Å². The van der Waals surface area contributed by atoms with Crippen molar-refractivity contribution in [3.63, 3.8) is 0 Å². The lowest BCUT2D eigenvalue weighted by atomic mass is 10.2. The molecule has 0 aliphatic carbocycles. The summed E-state index contributed by atoms with van der Waals surface area (Å²) in [5, 5.41) is 0.215. The Hall–Kier alpha value is -0.600. The minimum Gasteiger partial charge on any atom is -0.295 e. The first-order valence-electron chi connectivity index (χ1n) is 5.28. The van der Waals surface area contributed by atoms with Crippen molar-refractivity contribution in [3.05, 3.63) is 35.6 Å². The van der Waals surface area contributed by atoms with Gasteiger partial charge in [-0.05, 0) is 19.4 Å². The molecule has 0 radical (unpaired) electrons. The molecule has 15 heavy (non-hydrogen) atoms. The van der Waals surface area contributed by atoms with E-state index in [2.05, 4.69) is 11.8 Å². The highest BCUT2D eigenvalue weighted by Crippen LogP contribution is 2.24. The van der Waals surface area contributed by atoms with Gasteiger partial charge in [0, 0.05) is 30.1 Å². The summed E-state index contributed by atoms with van der Waals surface area (Å²) in [6.07, 6.45) is 0.996. The summed E-state index contributed by atoms with van der Waals surface area (Å²) in [4.78, 5) is 2.23. The number of hydrogen-bond acceptors (Lipinski definition) is 1. The van der Waals surface area contributed by atoms with Crippen LogP contribution in [0, 0.1) is 5.82 Å². The number of nitrogens with zero attached hydrogens (tertiary/aromatic N) is 1. The molecular formula is C12H15ClFN. The van der Waals surface area contributed by atoms with E-state index in [4.69, 9.17) is 11.6 Å². The topological polar surface area (TPSA) is 3.24 Å². The predicted octanol–water partition coefficient (Wildman–Crippen LogP) is 3.03. The minimum atomic E-state index is -0.122. The highest BCUT2D eigenvalue weighted by Gasteiger charge is 2.27. The van der Waals surface area contributed by atoms with E-state index < -0.39 is 0 Å². The Morgan fingerprint density at radius 2 is 2.20 bits per heavy atom. The van der Waals surface area contributed by atoms with Crippen LogP contribution in [-0.4, -0.2) is 22.9 Å². The number of likely N-dealkylation sites (tertiary alicyclic amines) is 1. The molecular weight excluding hydrogens is 213 g/mol. The van der Waals surface area contributed by atoms with Gasteiger partial charge < -0.3 is 0 Å². The molecule has 1 saturated heterocycles. The molecule has 82 valence electrons. The second kappa shape index (κ2) is 4.50. The van der Waals surface area contributed by atoms with Crippen molar-refractivity contribution in [1.29, 1.82) is 0 Å². The monoisotopic (exact) mass is 227 g/mol.